The van der Waals surface area contributed by atoms with Crippen molar-refractivity contribution < 1.29 is 25.9 Å². The fourth-order valence-corrected chi connectivity index (χ4v) is 3.39. The van der Waals surface area contributed by atoms with Crippen molar-refractivity contribution in [3.8, 4) is 0 Å². The van der Waals surface area contributed by atoms with Gasteiger partial charge in [0.05, 0.1) is 12.4 Å². The fraction of sp³-hybridized carbons (Fsp3) is 0. The van der Waals surface area contributed by atoms with Crippen LogP contribution in [-0.4, -0.2) is 50.0 Å². The van der Waals surface area contributed by atoms with Gasteiger partial charge in [0.1, 0.15) is 9.79 Å². The van der Waals surface area contributed by atoms with Crippen molar-refractivity contribution in [1.82, 2.24) is 0 Å². The van der Waals surface area contributed by atoms with Gasteiger partial charge in [0, 0.05) is 11.1 Å². The van der Waals surface area contributed by atoms with Gasteiger partial charge in [0.15, 0.2) is 11.7 Å². The van der Waals surface area contributed by atoms with Gasteiger partial charge in [0.25, 0.3) is 20.2 Å². The minimum Gasteiger partial charge on any atom is -0.379 e. The summed E-state index contributed by atoms with van der Waals surface area (Å²) in [6.07, 6.45) is 2.07. The van der Waals surface area contributed by atoms with E-state index in [9.17, 15) is 16.8 Å². The van der Waals surface area contributed by atoms with Crippen LogP contribution in [0, 0.1) is 0 Å². The third-order valence-electron chi connectivity index (χ3n) is 3.38. The summed E-state index contributed by atoms with van der Waals surface area (Å²) >= 11 is 0. The van der Waals surface area contributed by atoms with Gasteiger partial charge >= 0.3 is 0 Å². The van der Waals surface area contributed by atoms with Crippen LogP contribution in [0.25, 0.3) is 0 Å². The first-order valence-corrected chi connectivity index (χ1v) is 10.7. The molecule has 0 aromatic heterocycles. The number of hydrogen-bond acceptors (Lipinski definition) is 8. The normalized spacial score (nSPS) is 13.9. The van der Waals surface area contributed by atoms with Crippen LogP contribution >= 0.6 is 0 Å². The molecule has 0 aliphatic carbocycles. The second-order valence-electron chi connectivity index (χ2n) is 5.49. The Hall–Kier alpha value is -3.46. The fourth-order valence-electron chi connectivity index (χ4n) is 2.05. The molecule has 0 saturated heterocycles. The number of hydrogen-bond donors (Lipinski definition) is 4. The summed E-state index contributed by atoms with van der Waals surface area (Å²) in [4.78, 5) is -0.738. The summed E-state index contributed by atoms with van der Waals surface area (Å²) in [6, 6.07) is 11.0. The highest BCUT2D eigenvalue weighted by Gasteiger charge is 2.14. The van der Waals surface area contributed by atoms with Crippen LogP contribution in [0.15, 0.2) is 78.7 Å². The first-order valence-electron chi connectivity index (χ1n) is 7.86. The lowest BCUT2D eigenvalue weighted by molar-refractivity contribution is 0.481. The lowest BCUT2D eigenvalue weighted by Gasteiger charge is -2.01. The number of benzene rings is 2. The van der Waals surface area contributed by atoms with Gasteiger partial charge in [-0.25, -0.2) is 0 Å². The molecule has 0 bridgehead atoms. The third kappa shape index (κ3) is 6.28. The van der Waals surface area contributed by atoms with E-state index < -0.39 is 20.2 Å². The lowest BCUT2D eigenvalue weighted by atomic mass is 10.2. The molecule has 0 amide bonds. The number of amidine groups is 2. The Morgan fingerprint density at radius 2 is 1.03 bits per heavy atom. The molecule has 0 aliphatic rings. The number of rotatable bonds is 6. The standard InChI is InChI=1S/C16H16N6O6S2/c17-15(21-19-9-11-5-1-3-7-13(11)29(23,24)25)16(18)22-20-10-12-6-2-4-8-14(12)30(26,27)28/h1-10H,(H2,17,21)(H2,18,22)(H,23,24,25)(H,26,27,28)/b19-9-,20-10+. The summed E-state index contributed by atoms with van der Waals surface area (Å²) in [6.45, 7) is 0. The van der Waals surface area contributed by atoms with Crippen LogP contribution in [-0.2, 0) is 20.2 Å². The minimum atomic E-state index is -4.45. The molecule has 14 heteroatoms. The Bertz CT molecular complexity index is 1170. The van der Waals surface area contributed by atoms with E-state index in [1.54, 1.807) is 0 Å². The Morgan fingerprint density at radius 3 is 1.37 bits per heavy atom. The molecule has 0 spiro atoms. The minimum absolute atomic E-state index is 0.0619. The molecular weight excluding hydrogens is 436 g/mol. The van der Waals surface area contributed by atoms with E-state index in [1.165, 1.54) is 48.5 Å². The molecule has 2 aromatic rings. The van der Waals surface area contributed by atoms with Crippen LogP contribution in [0.2, 0.25) is 0 Å². The van der Waals surface area contributed by atoms with Crippen LogP contribution in [0.3, 0.4) is 0 Å². The predicted octanol–water partition coefficient (Wildman–Crippen LogP) is 0.262. The molecule has 30 heavy (non-hydrogen) atoms. The van der Waals surface area contributed by atoms with Crippen LogP contribution in [0.5, 0.6) is 0 Å². The molecule has 0 fully saturated rings. The lowest BCUT2D eigenvalue weighted by Crippen LogP contribution is -2.30. The monoisotopic (exact) mass is 452 g/mol. The van der Waals surface area contributed by atoms with Gasteiger partial charge in [-0.3, -0.25) is 9.11 Å². The maximum atomic E-state index is 11.3. The maximum Gasteiger partial charge on any atom is 0.295 e. The Balaban J connectivity index is 2.20. The molecule has 0 unspecified atom stereocenters. The van der Waals surface area contributed by atoms with Gasteiger partial charge in [-0.15, -0.1) is 10.2 Å². The highest BCUT2D eigenvalue weighted by molar-refractivity contribution is 7.86. The molecule has 2 rings (SSSR count). The second kappa shape index (κ2) is 9.36. The van der Waals surface area contributed by atoms with Crippen LogP contribution in [0.4, 0.5) is 0 Å². The van der Waals surface area contributed by atoms with Gasteiger partial charge in [0.2, 0.25) is 0 Å². The van der Waals surface area contributed by atoms with E-state index in [-0.39, 0.29) is 32.6 Å². The Kier molecular flexibility index (Phi) is 7.12. The average Bonchev–Trinajstić information content (AvgIpc) is 2.67. The number of nitrogens with zero attached hydrogens (tertiary/aromatic N) is 4. The summed E-state index contributed by atoms with van der Waals surface area (Å²) < 4.78 is 63.6. The van der Waals surface area contributed by atoms with E-state index in [0.717, 1.165) is 12.4 Å². The molecule has 0 radical (unpaired) electrons. The quantitative estimate of drug-likeness (QED) is 0.206. The first-order chi connectivity index (χ1) is 14.0. The largest absolute Gasteiger partial charge is 0.379 e. The van der Waals surface area contributed by atoms with Crippen molar-refractivity contribution in [3.05, 3.63) is 59.7 Å². The van der Waals surface area contributed by atoms with Crippen molar-refractivity contribution >= 4 is 44.3 Å². The van der Waals surface area contributed by atoms with E-state index in [1.807, 2.05) is 0 Å². The third-order valence-corrected chi connectivity index (χ3v) is 5.24. The molecule has 0 heterocycles. The van der Waals surface area contributed by atoms with Gasteiger partial charge in [-0.05, 0) is 12.1 Å². The van der Waals surface area contributed by atoms with E-state index in [2.05, 4.69) is 20.4 Å². The smallest absolute Gasteiger partial charge is 0.295 e. The summed E-state index contributed by atoms with van der Waals surface area (Å²) in [5.74, 6) is -0.730. The van der Waals surface area contributed by atoms with Crippen molar-refractivity contribution in [2.75, 3.05) is 0 Å². The van der Waals surface area contributed by atoms with E-state index in [4.69, 9.17) is 20.6 Å². The van der Waals surface area contributed by atoms with E-state index in [0.29, 0.717) is 0 Å². The van der Waals surface area contributed by atoms with E-state index >= 15 is 0 Å². The van der Waals surface area contributed by atoms with Crippen LogP contribution < -0.4 is 11.5 Å². The van der Waals surface area contributed by atoms with Gasteiger partial charge in [-0.1, -0.05) is 36.4 Å². The second-order valence-corrected chi connectivity index (χ2v) is 8.27. The molecule has 158 valence electrons. The summed E-state index contributed by atoms with van der Waals surface area (Å²) in [5, 5.41) is 14.3. The van der Waals surface area contributed by atoms with Gasteiger partial charge < -0.3 is 11.5 Å². The van der Waals surface area contributed by atoms with Crippen molar-refractivity contribution in [3.63, 3.8) is 0 Å². The first kappa shape index (κ1) is 22.8. The molecular formula is C16H16N6O6S2. The SMILES string of the molecule is NC(=N/N=C\c1ccccc1S(=O)(=O)O)C(N)=N/N=C/c1ccccc1S(=O)(=O)O. The summed E-state index contributed by atoms with van der Waals surface area (Å²) in [5.41, 5.74) is 11.3. The Morgan fingerprint density at radius 1 is 0.700 bits per heavy atom. The molecule has 12 nitrogen and oxygen atoms in total. The van der Waals surface area contributed by atoms with Gasteiger partial charge in [-0.2, -0.15) is 27.0 Å². The molecule has 6 N–H and O–H groups in total. The van der Waals surface area contributed by atoms with Crippen molar-refractivity contribution in [2.24, 2.45) is 31.9 Å². The molecule has 2 aromatic carbocycles. The topological polar surface area (TPSA) is 210 Å². The zero-order chi connectivity index (χ0) is 22.4. The zero-order valence-electron chi connectivity index (χ0n) is 15.1. The maximum absolute atomic E-state index is 11.3. The summed E-state index contributed by atoms with van der Waals surface area (Å²) in [7, 11) is -8.90. The van der Waals surface area contributed by atoms with Crippen molar-refractivity contribution in [2.45, 2.75) is 9.79 Å². The highest BCUT2D eigenvalue weighted by atomic mass is 32.2. The molecule has 0 aliphatic heterocycles. The zero-order valence-corrected chi connectivity index (χ0v) is 16.7. The average molecular weight is 452 g/mol. The predicted molar refractivity (Wildman–Crippen MR) is 111 cm³/mol. The molecule has 0 saturated carbocycles. The molecule has 0 atom stereocenters. The Labute approximate surface area is 171 Å². The highest BCUT2D eigenvalue weighted by Crippen LogP contribution is 2.13. The van der Waals surface area contributed by atoms with Crippen molar-refractivity contribution in [1.29, 1.82) is 0 Å². The number of nitrogens with two attached hydrogens (primary N) is 2. The van der Waals surface area contributed by atoms with Crippen LogP contribution in [0.1, 0.15) is 11.1 Å².